The highest BCUT2D eigenvalue weighted by molar-refractivity contribution is 5.77. The summed E-state index contributed by atoms with van der Waals surface area (Å²) >= 11 is 0. The van der Waals surface area contributed by atoms with Gasteiger partial charge in [0.25, 0.3) is 0 Å². The van der Waals surface area contributed by atoms with Gasteiger partial charge in [-0.05, 0) is 36.4 Å². The van der Waals surface area contributed by atoms with Gasteiger partial charge in [-0.2, -0.15) is 0 Å². The van der Waals surface area contributed by atoms with Crippen LogP contribution in [0, 0.1) is 5.82 Å². The number of hydrogen-bond donors (Lipinski definition) is 0. The Kier molecular flexibility index (Phi) is 2.26. The number of halogens is 1. The highest BCUT2D eigenvalue weighted by Gasteiger charge is 2.02. The molecule has 0 unspecified atom stereocenters. The molecule has 0 saturated heterocycles. The Morgan fingerprint density at radius 2 is 1.76 bits per heavy atom. The first-order valence-electron chi connectivity index (χ1n) is 5.16. The lowest BCUT2D eigenvalue weighted by Gasteiger charge is -2.01. The van der Waals surface area contributed by atoms with Gasteiger partial charge in [0.15, 0.2) is 5.65 Å². The zero-order valence-corrected chi connectivity index (χ0v) is 8.84. The van der Waals surface area contributed by atoms with Crippen LogP contribution in [0.3, 0.4) is 0 Å². The van der Waals surface area contributed by atoms with Gasteiger partial charge in [-0.25, -0.2) is 19.3 Å². The fourth-order valence-corrected chi connectivity index (χ4v) is 1.65. The second-order valence-electron chi connectivity index (χ2n) is 3.64. The van der Waals surface area contributed by atoms with Gasteiger partial charge in [0.1, 0.15) is 12.1 Å². The summed E-state index contributed by atoms with van der Waals surface area (Å²) < 4.78 is 12.8. The molecular weight excluding hydrogens is 217 g/mol. The van der Waals surface area contributed by atoms with E-state index >= 15 is 0 Å². The first-order chi connectivity index (χ1) is 8.33. The average Bonchev–Trinajstić information content (AvgIpc) is 2.39. The van der Waals surface area contributed by atoms with Crippen molar-refractivity contribution in [2.45, 2.75) is 0 Å². The minimum absolute atomic E-state index is 0.253. The smallest absolute Gasteiger partial charge is 0.163 e. The molecular formula is C13H8FN3. The molecule has 3 nitrogen and oxygen atoms in total. The van der Waals surface area contributed by atoms with Crippen molar-refractivity contribution in [2.24, 2.45) is 0 Å². The predicted octanol–water partition coefficient (Wildman–Crippen LogP) is 2.83. The average molecular weight is 225 g/mol. The van der Waals surface area contributed by atoms with Gasteiger partial charge in [0.05, 0.1) is 5.69 Å². The molecule has 0 aliphatic heterocycles. The van der Waals surface area contributed by atoms with Crippen LogP contribution in [0.1, 0.15) is 0 Å². The maximum Gasteiger partial charge on any atom is 0.163 e. The van der Waals surface area contributed by atoms with Crippen LogP contribution in [-0.2, 0) is 0 Å². The molecule has 0 N–H and O–H groups in total. The van der Waals surface area contributed by atoms with E-state index in [0.717, 1.165) is 16.6 Å². The molecule has 0 spiro atoms. The van der Waals surface area contributed by atoms with Gasteiger partial charge in [0, 0.05) is 17.1 Å². The molecule has 0 radical (unpaired) electrons. The summed E-state index contributed by atoms with van der Waals surface area (Å²) in [5.74, 6) is -0.253. The van der Waals surface area contributed by atoms with Crippen LogP contribution >= 0.6 is 0 Å². The highest BCUT2D eigenvalue weighted by Crippen LogP contribution is 2.19. The summed E-state index contributed by atoms with van der Waals surface area (Å²) in [6.45, 7) is 0. The van der Waals surface area contributed by atoms with E-state index in [4.69, 9.17) is 0 Å². The highest BCUT2D eigenvalue weighted by atomic mass is 19.1. The Bertz CT molecular complexity index is 665. The maximum absolute atomic E-state index is 12.8. The van der Waals surface area contributed by atoms with Crippen LogP contribution < -0.4 is 0 Å². The first kappa shape index (κ1) is 9.84. The van der Waals surface area contributed by atoms with Crippen molar-refractivity contribution in [3.05, 3.63) is 54.7 Å². The molecule has 0 aliphatic carbocycles. The number of benzene rings is 1. The summed E-state index contributed by atoms with van der Waals surface area (Å²) in [5, 5.41) is 0.887. The lowest BCUT2D eigenvalue weighted by Crippen LogP contribution is -1.88. The van der Waals surface area contributed by atoms with Crippen molar-refractivity contribution in [1.82, 2.24) is 15.0 Å². The quantitative estimate of drug-likeness (QED) is 0.639. The Hall–Kier alpha value is -2.36. The monoisotopic (exact) mass is 225 g/mol. The second kappa shape index (κ2) is 3.90. The third kappa shape index (κ3) is 1.85. The topological polar surface area (TPSA) is 38.7 Å². The van der Waals surface area contributed by atoms with E-state index in [1.165, 1.54) is 18.5 Å². The minimum Gasteiger partial charge on any atom is -0.244 e. The van der Waals surface area contributed by atoms with Crippen LogP contribution in [0.25, 0.3) is 22.3 Å². The van der Waals surface area contributed by atoms with E-state index in [9.17, 15) is 4.39 Å². The van der Waals surface area contributed by atoms with Crippen molar-refractivity contribution in [3.63, 3.8) is 0 Å². The van der Waals surface area contributed by atoms with Crippen molar-refractivity contribution in [3.8, 4) is 11.3 Å². The van der Waals surface area contributed by atoms with Crippen LogP contribution in [0.15, 0.2) is 48.9 Å². The van der Waals surface area contributed by atoms with Gasteiger partial charge in [-0.3, -0.25) is 0 Å². The Morgan fingerprint density at radius 1 is 0.941 bits per heavy atom. The molecule has 3 rings (SSSR count). The van der Waals surface area contributed by atoms with E-state index in [1.807, 2.05) is 12.1 Å². The number of rotatable bonds is 1. The first-order valence-corrected chi connectivity index (χ1v) is 5.16. The molecule has 17 heavy (non-hydrogen) atoms. The van der Waals surface area contributed by atoms with Crippen LogP contribution in [0.4, 0.5) is 4.39 Å². The summed E-state index contributed by atoms with van der Waals surface area (Å²) in [6, 6.07) is 10.0. The standard InChI is InChI=1S/C13H8FN3/c14-11-4-1-9(2-5-11)12-6-3-10-7-15-8-16-13(10)17-12/h1-8H. The fourth-order valence-electron chi connectivity index (χ4n) is 1.65. The number of hydrogen-bond acceptors (Lipinski definition) is 3. The molecule has 2 aromatic heterocycles. The normalized spacial score (nSPS) is 10.6. The van der Waals surface area contributed by atoms with Gasteiger partial charge in [-0.15, -0.1) is 0 Å². The molecule has 0 saturated carbocycles. The fraction of sp³-hybridized carbons (Fsp3) is 0. The number of pyridine rings is 1. The number of fused-ring (bicyclic) bond motifs is 1. The van der Waals surface area contributed by atoms with Gasteiger partial charge in [0.2, 0.25) is 0 Å². The second-order valence-corrected chi connectivity index (χ2v) is 3.64. The van der Waals surface area contributed by atoms with Crippen molar-refractivity contribution in [1.29, 1.82) is 0 Å². The third-order valence-electron chi connectivity index (χ3n) is 2.51. The number of aromatic nitrogens is 3. The Balaban J connectivity index is 2.14. The molecule has 2 heterocycles. The van der Waals surface area contributed by atoms with E-state index in [-0.39, 0.29) is 5.82 Å². The largest absolute Gasteiger partial charge is 0.244 e. The molecule has 0 amide bonds. The van der Waals surface area contributed by atoms with Crippen LogP contribution in [0.2, 0.25) is 0 Å². The molecule has 4 heteroatoms. The summed E-state index contributed by atoms with van der Waals surface area (Å²) in [4.78, 5) is 12.4. The van der Waals surface area contributed by atoms with E-state index in [0.29, 0.717) is 5.65 Å². The molecule has 1 aromatic carbocycles. The van der Waals surface area contributed by atoms with E-state index < -0.39 is 0 Å². The predicted molar refractivity (Wildman–Crippen MR) is 62.7 cm³/mol. The van der Waals surface area contributed by atoms with E-state index in [2.05, 4.69) is 15.0 Å². The zero-order valence-electron chi connectivity index (χ0n) is 8.84. The van der Waals surface area contributed by atoms with Crippen molar-refractivity contribution >= 4 is 11.0 Å². The Labute approximate surface area is 97.0 Å². The van der Waals surface area contributed by atoms with Gasteiger partial charge < -0.3 is 0 Å². The van der Waals surface area contributed by atoms with Crippen LogP contribution in [-0.4, -0.2) is 15.0 Å². The molecule has 0 atom stereocenters. The zero-order chi connectivity index (χ0) is 11.7. The Morgan fingerprint density at radius 3 is 2.59 bits per heavy atom. The SMILES string of the molecule is Fc1ccc(-c2ccc3cncnc3n2)cc1. The summed E-state index contributed by atoms with van der Waals surface area (Å²) in [7, 11) is 0. The molecule has 3 aromatic rings. The molecule has 0 aliphatic rings. The van der Waals surface area contributed by atoms with Crippen molar-refractivity contribution in [2.75, 3.05) is 0 Å². The van der Waals surface area contributed by atoms with Gasteiger partial charge >= 0.3 is 0 Å². The van der Waals surface area contributed by atoms with Crippen molar-refractivity contribution < 1.29 is 4.39 Å². The summed E-state index contributed by atoms with van der Waals surface area (Å²) in [5.41, 5.74) is 2.28. The molecule has 0 fully saturated rings. The maximum atomic E-state index is 12.8. The molecule has 0 bridgehead atoms. The van der Waals surface area contributed by atoms with Gasteiger partial charge in [-0.1, -0.05) is 0 Å². The lowest BCUT2D eigenvalue weighted by atomic mass is 10.1. The summed E-state index contributed by atoms with van der Waals surface area (Å²) in [6.07, 6.45) is 3.17. The minimum atomic E-state index is -0.253. The lowest BCUT2D eigenvalue weighted by molar-refractivity contribution is 0.628. The van der Waals surface area contributed by atoms with Crippen LogP contribution in [0.5, 0.6) is 0 Å². The number of nitrogens with zero attached hydrogens (tertiary/aromatic N) is 3. The third-order valence-corrected chi connectivity index (χ3v) is 2.51. The van der Waals surface area contributed by atoms with E-state index in [1.54, 1.807) is 18.3 Å². The molecule has 82 valence electrons.